The first-order valence-corrected chi connectivity index (χ1v) is 10.2. The van der Waals surface area contributed by atoms with E-state index < -0.39 is 34.6 Å². The van der Waals surface area contributed by atoms with Crippen molar-refractivity contribution in [1.29, 1.82) is 5.26 Å². The largest absolute Gasteiger partial charge is 0.504 e. The van der Waals surface area contributed by atoms with Crippen molar-refractivity contribution in [2.75, 3.05) is 7.11 Å². The Bertz CT molecular complexity index is 1480. The van der Waals surface area contributed by atoms with Crippen molar-refractivity contribution in [3.63, 3.8) is 0 Å². The van der Waals surface area contributed by atoms with Crippen LogP contribution in [0.25, 0.3) is 22.3 Å². The number of rotatable bonds is 5. The summed E-state index contributed by atoms with van der Waals surface area (Å²) in [4.78, 5) is 25.3. The summed E-state index contributed by atoms with van der Waals surface area (Å²) in [5.74, 6) is -3.89. The second-order valence-electron chi connectivity index (χ2n) is 7.57. The molecule has 0 radical (unpaired) electrons. The van der Waals surface area contributed by atoms with Crippen LogP contribution >= 0.6 is 0 Å². The SMILES string of the molecule is COC(=O)CC(c1ccc(C#N)cc1)c1c(O)c(O)c(O)c2c(=O)cc(-c3ccccc3)oc12. The van der Waals surface area contributed by atoms with Crippen molar-refractivity contribution in [3.8, 4) is 34.6 Å². The third kappa shape index (κ3) is 3.91. The molecule has 0 bridgehead atoms. The lowest BCUT2D eigenvalue weighted by molar-refractivity contribution is -0.140. The summed E-state index contributed by atoms with van der Waals surface area (Å²) in [7, 11) is 1.21. The summed E-state index contributed by atoms with van der Waals surface area (Å²) in [5.41, 5.74) is 0.529. The van der Waals surface area contributed by atoms with Crippen LogP contribution in [0.1, 0.15) is 29.0 Å². The number of benzene rings is 3. The molecule has 1 atom stereocenters. The molecule has 0 aliphatic carbocycles. The Morgan fingerprint density at radius 3 is 2.32 bits per heavy atom. The molecular weight excluding hydrogens is 438 g/mol. The molecule has 0 aliphatic rings. The number of esters is 1. The summed E-state index contributed by atoms with van der Waals surface area (Å²) < 4.78 is 10.8. The predicted molar refractivity (Wildman–Crippen MR) is 123 cm³/mol. The van der Waals surface area contributed by atoms with Gasteiger partial charge in [-0.25, -0.2) is 0 Å². The van der Waals surface area contributed by atoms with Gasteiger partial charge in [0.1, 0.15) is 16.7 Å². The molecule has 1 heterocycles. The van der Waals surface area contributed by atoms with E-state index >= 15 is 0 Å². The van der Waals surface area contributed by atoms with Gasteiger partial charge in [-0.05, 0) is 17.7 Å². The lowest BCUT2D eigenvalue weighted by Gasteiger charge is -2.21. The van der Waals surface area contributed by atoms with Gasteiger partial charge in [-0.1, -0.05) is 42.5 Å². The van der Waals surface area contributed by atoms with Gasteiger partial charge in [-0.2, -0.15) is 5.26 Å². The summed E-state index contributed by atoms with van der Waals surface area (Å²) in [6, 6.07) is 18.1. The molecule has 0 amide bonds. The van der Waals surface area contributed by atoms with Crippen LogP contribution in [0.2, 0.25) is 0 Å². The average Bonchev–Trinajstić information content (AvgIpc) is 2.86. The van der Waals surface area contributed by atoms with E-state index in [1.54, 1.807) is 42.5 Å². The number of ether oxygens (including phenoxy) is 1. The highest BCUT2D eigenvalue weighted by Gasteiger charge is 2.31. The lowest BCUT2D eigenvalue weighted by atomic mass is 9.85. The number of carbonyl (C=O) groups is 1. The fraction of sp³-hybridized carbons (Fsp3) is 0.115. The summed E-state index contributed by atoms with van der Waals surface area (Å²) in [6.07, 6.45) is -0.283. The molecule has 170 valence electrons. The Morgan fingerprint density at radius 2 is 1.71 bits per heavy atom. The molecule has 3 N–H and O–H groups in total. The number of fused-ring (bicyclic) bond motifs is 1. The molecule has 8 nitrogen and oxygen atoms in total. The van der Waals surface area contributed by atoms with Crippen LogP contribution in [-0.2, 0) is 9.53 Å². The van der Waals surface area contributed by atoms with E-state index in [-0.39, 0.29) is 28.7 Å². The number of nitrogens with zero attached hydrogens (tertiary/aromatic N) is 1. The van der Waals surface area contributed by atoms with Gasteiger partial charge in [0, 0.05) is 23.1 Å². The number of phenolic OH excluding ortho intramolecular Hbond substituents is 3. The third-order valence-corrected chi connectivity index (χ3v) is 5.58. The van der Waals surface area contributed by atoms with Crippen molar-refractivity contribution in [3.05, 3.63) is 87.6 Å². The Morgan fingerprint density at radius 1 is 1.03 bits per heavy atom. The molecule has 0 aliphatic heterocycles. The highest BCUT2D eigenvalue weighted by molar-refractivity contribution is 5.93. The van der Waals surface area contributed by atoms with Crippen LogP contribution in [0, 0.1) is 11.3 Å². The van der Waals surface area contributed by atoms with Crippen molar-refractivity contribution in [2.24, 2.45) is 0 Å². The normalized spacial score (nSPS) is 11.6. The minimum atomic E-state index is -0.941. The van der Waals surface area contributed by atoms with E-state index in [0.717, 1.165) is 0 Å². The Kier molecular flexibility index (Phi) is 5.94. The highest BCUT2D eigenvalue weighted by Crippen LogP contribution is 2.49. The molecule has 1 aromatic heterocycles. The van der Waals surface area contributed by atoms with E-state index in [0.29, 0.717) is 16.7 Å². The van der Waals surface area contributed by atoms with Crippen LogP contribution in [0.3, 0.4) is 0 Å². The van der Waals surface area contributed by atoms with E-state index in [9.17, 15) is 24.9 Å². The number of methoxy groups -OCH3 is 1. The number of nitriles is 1. The molecule has 8 heteroatoms. The van der Waals surface area contributed by atoms with E-state index in [1.165, 1.54) is 25.3 Å². The van der Waals surface area contributed by atoms with Gasteiger partial charge >= 0.3 is 5.97 Å². The Labute approximate surface area is 193 Å². The quantitative estimate of drug-likeness (QED) is 0.300. The fourth-order valence-corrected chi connectivity index (χ4v) is 3.87. The van der Waals surface area contributed by atoms with Gasteiger partial charge in [-0.15, -0.1) is 0 Å². The van der Waals surface area contributed by atoms with Crippen molar-refractivity contribution in [1.82, 2.24) is 0 Å². The summed E-state index contributed by atoms with van der Waals surface area (Å²) in [5, 5.41) is 40.5. The highest BCUT2D eigenvalue weighted by atomic mass is 16.5. The molecule has 34 heavy (non-hydrogen) atoms. The first kappa shape index (κ1) is 22.4. The summed E-state index contributed by atoms with van der Waals surface area (Å²) in [6.45, 7) is 0. The lowest BCUT2D eigenvalue weighted by Crippen LogP contribution is -2.12. The molecule has 0 saturated carbocycles. The zero-order valence-electron chi connectivity index (χ0n) is 18.0. The molecule has 1 unspecified atom stereocenters. The van der Waals surface area contributed by atoms with Crippen molar-refractivity contribution >= 4 is 16.9 Å². The van der Waals surface area contributed by atoms with Crippen LogP contribution in [0.5, 0.6) is 17.2 Å². The zero-order valence-corrected chi connectivity index (χ0v) is 18.0. The van der Waals surface area contributed by atoms with Gasteiger partial charge in [0.2, 0.25) is 5.75 Å². The topological polar surface area (TPSA) is 141 Å². The van der Waals surface area contributed by atoms with Crippen LogP contribution in [0.4, 0.5) is 0 Å². The van der Waals surface area contributed by atoms with Gasteiger partial charge in [0.25, 0.3) is 0 Å². The van der Waals surface area contributed by atoms with E-state index in [1.807, 2.05) is 6.07 Å². The van der Waals surface area contributed by atoms with Crippen molar-refractivity contribution < 1.29 is 29.3 Å². The van der Waals surface area contributed by atoms with Gasteiger partial charge in [0.05, 0.1) is 25.2 Å². The van der Waals surface area contributed by atoms with Crippen LogP contribution in [-0.4, -0.2) is 28.4 Å². The zero-order chi connectivity index (χ0) is 24.4. The standard InChI is InChI=1S/C26H19NO7/c1-33-20(29)11-17(15-9-7-14(13-27)8-10-15)21-23(30)25(32)24(31)22-18(28)12-19(34-26(21)22)16-5-3-2-4-6-16/h2-10,12,17,30-32H,11H2,1H3. The van der Waals surface area contributed by atoms with Crippen LogP contribution in [0.15, 0.2) is 69.9 Å². The first-order chi connectivity index (χ1) is 16.3. The summed E-state index contributed by atoms with van der Waals surface area (Å²) >= 11 is 0. The number of hydrogen-bond acceptors (Lipinski definition) is 8. The number of carbonyl (C=O) groups excluding carboxylic acids is 1. The number of phenols is 3. The van der Waals surface area contributed by atoms with Crippen LogP contribution < -0.4 is 5.43 Å². The molecule has 4 rings (SSSR count). The van der Waals surface area contributed by atoms with E-state index in [2.05, 4.69) is 0 Å². The molecule has 0 saturated heterocycles. The average molecular weight is 457 g/mol. The number of hydrogen-bond donors (Lipinski definition) is 3. The fourth-order valence-electron chi connectivity index (χ4n) is 3.87. The Balaban J connectivity index is 2.07. The second kappa shape index (κ2) is 9.00. The smallest absolute Gasteiger partial charge is 0.306 e. The Hall–Kier alpha value is -4.77. The second-order valence-corrected chi connectivity index (χ2v) is 7.57. The maximum absolute atomic E-state index is 13.0. The molecule has 0 spiro atoms. The van der Waals surface area contributed by atoms with Gasteiger partial charge < -0.3 is 24.5 Å². The molecule has 0 fully saturated rings. The molecule has 4 aromatic rings. The monoisotopic (exact) mass is 457 g/mol. The van der Waals surface area contributed by atoms with E-state index in [4.69, 9.17) is 14.4 Å². The van der Waals surface area contributed by atoms with Gasteiger partial charge in [-0.3, -0.25) is 9.59 Å². The molecular formula is C26H19NO7. The minimum Gasteiger partial charge on any atom is -0.504 e. The van der Waals surface area contributed by atoms with Gasteiger partial charge in [0.15, 0.2) is 16.9 Å². The maximum Gasteiger partial charge on any atom is 0.306 e. The molecule has 3 aromatic carbocycles. The maximum atomic E-state index is 13.0. The number of aromatic hydroxyl groups is 3. The van der Waals surface area contributed by atoms with Crippen molar-refractivity contribution in [2.45, 2.75) is 12.3 Å². The first-order valence-electron chi connectivity index (χ1n) is 10.2. The third-order valence-electron chi connectivity index (χ3n) is 5.58. The predicted octanol–water partition coefficient (Wildman–Crippen LogP) is 4.14. The minimum absolute atomic E-state index is 0.0738.